The van der Waals surface area contributed by atoms with Crippen LogP contribution in [0.25, 0.3) is 0 Å². The van der Waals surface area contributed by atoms with E-state index in [4.69, 9.17) is 0 Å². The Balaban J connectivity index is 1.97. The number of nitrogens with zero attached hydrogens (tertiary/aromatic N) is 2. The van der Waals surface area contributed by atoms with Gasteiger partial charge in [0.2, 0.25) is 0 Å². The van der Waals surface area contributed by atoms with Crippen LogP contribution in [0.4, 0.5) is 18.0 Å². The molecule has 1 N–H and O–H groups in total. The van der Waals surface area contributed by atoms with E-state index in [9.17, 15) is 18.0 Å². The van der Waals surface area contributed by atoms with Crippen molar-refractivity contribution in [3.63, 3.8) is 0 Å². The number of hydrogen-bond acceptors (Lipinski definition) is 2. The lowest BCUT2D eigenvalue weighted by Crippen LogP contribution is -2.53. The molecule has 0 atom stereocenters. The smallest absolute Gasteiger partial charge is 0.322 e. The van der Waals surface area contributed by atoms with Crippen molar-refractivity contribution < 1.29 is 18.0 Å². The molecule has 1 saturated heterocycles. The minimum Gasteiger partial charge on any atom is -0.322 e. The molecule has 0 aromatic carbocycles. The van der Waals surface area contributed by atoms with Crippen LogP contribution in [0, 0.1) is 0 Å². The van der Waals surface area contributed by atoms with Crippen LogP contribution in [0.3, 0.4) is 0 Å². The van der Waals surface area contributed by atoms with Gasteiger partial charge in [0, 0.05) is 32.2 Å². The Hall–Kier alpha value is -0.980. The lowest BCUT2D eigenvalue weighted by atomic mass is 10.3. The monoisotopic (exact) mass is 251 g/mol. The van der Waals surface area contributed by atoms with Gasteiger partial charge in [-0.1, -0.05) is 0 Å². The van der Waals surface area contributed by atoms with Crippen LogP contribution < -0.4 is 5.32 Å². The topological polar surface area (TPSA) is 35.6 Å². The van der Waals surface area contributed by atoms with E-state index >= 15 is 0 Å². The molecule has 98 valence electrons. The van der Waals surface area contributed by atoms with Gasteiger partial charge < -0.3 is 15.1 Å². The minimum absolute atomic E-state index is 0.209. The molecule has 1 saturated carbocycles. The van der Waals surface area contributed by atoms with E-state index in [-0.39, 0.29) is 6.04 Å². The summed E-state index contributed by atoms with van der Waals surface area (Å²) in [5, 5.41) is 3.07. The second-order valence-corrected chi connectivity index (χ2v) is 4.49. The van der Waals surface area contributed by atoms with Gasteiger partial charge in [-0.2, -0.15) is 13.2 Å². The molecular formula is C10H16F3N3O. The normalized spacial score (nSPS) is 21.5. The van der Waals surface area contributed by atoms with Gasteiger partial charge in [0.15, 0.2) is 0 Å². The van der Waals surface area contributed by atoms with E-state index < -0.39 is 18.8 Å². The molecule has 17 heavy (non-hydrogen) atoms. The van der Waals surface area contributed by atoms with Gasteiger partial charge in [0.05, 0.1) is 0 Å². The van der Waals surface area contributed by atoms with Crippen LogP contribution >= 0.6 is 0 Å². The SMILES string of the molecule is O=C(N1CCNCC1)N(CC(F)(F)F)C1CC1. The quantitative estimate of drug-likeness (QED) is 0.796. The molecular weight excluding hydrogens is 235 g/mol. The number of carbonyl (C=O) groups excluding carboxylic acids is 1. The predicted molar refractivity (Wildman–Crippen MR) is 55.6 cm³/mol. The van der Waals surface area contributed by atoms with Crippen LogP contribution in [0.2, 0.25) is 0 Å². The maximum Gasteiger partial charge on any atom is 0.406 e. The van der Waals surface area contributed by atoms with E-state index in [1.165, 1.54) is 4.90 Å². The Kier molecular flexibility index (Phi) is 3.46. The van der Waals surface area contributed by atoms with Crippen molar-refractivity contribution in [2.45, 2.75) is 25.1 Å². The molecule has 2 amide bonds. The molecule has 1 aliphatic carbocycles. The largest absolute Gasteiger partial charge is 0.406 e. The van der Waals surface area contributed by atoms with Crippen LogP contribution in [0.15, 0.2) is 0 Å². The Morgan fingerprint density at radius 2 is 1.88 bits per heavy atom. The zero-order chi connectivity index (χ0) is 12.5. The van der Waals surface area contributed by atoms with Gasteiger partial charge in [-0.05, 0) is 12.8 Å². The number of hydrogen-bond donors (Lipinski definition) is 1. The Morgan fingerprint density at radius 1 is 1.29 bits per heavy atom. The molecule has 0 bridgehead atoms. The second-order valence-electron chi connectivity index (χ2n) is 4.49. The van der Waals surface area contributed by atoms with Crippen LogP contribution in [-0.4, -0.2) is 60.8 Å². The zero-order valence-electron chi connectivity index (χ0n) is 9.46. The van der Waals surface area contributed by atoms with E-state index in [0.717, 1.165) is 4.90 Å². The Labute approximate surface area is 97.7 Å². The van der Waals surface area contributed by atoms with Gasteiger partial charge in [0.1, 0.15) is 6.54 Å². The van der Waals surface area contributed by atoms with Crippen molar-refractivity contribution in [1.82, 2.24) is 15.1 Å². The third-order valence-corrected chi connectivity index (χ3v) is 2.97. The summed E-state index contributed by atoms with van der Waals surface area (Å²) >= 11 is 0. The molecule has 0 unspecified atom stereocenters. The molecule has 1 aliphatic heterocycles. The third kappa shape index (κ3) is 3.49. The molecule has 0 aromatic heterocycles. The van der Waals surface area contributed by atoms with E-state index in [0.29, 0.717) is 39.0 Å². The summed E-state index contributed by atoms with van der Waals surface area (Å²) in [6.07, 6.45) is -2.94. The number of nitrogens with one attached hydrogen (secondary N) is 1. The highest BCUT2D eigenvalue weighted by Gasteiger charge is 2.42. The van der Waals surface area contributed by atoms with Gasteiger partial charge >= 0.3 is 12.2 Å². The van der Waals surface area contributed by atoms with Crippen molar-refractivity contribution in [3.8, 4) is 0 Å². The molecule has 1 heterocycles. The van der Waals surface area contributed by atoms with Gasteiger partial charge in [-0.25, -0.2) is 4.79 Å². The fourth-order valence-electron chi connectivity index (χ4n) is 1.97. The first kappa shape index (κ1) is 12.5. The summed E-state index contributed by atoms with van der Waals surface area (Å²) in [5.41, 5.74) is 0. The molecule has 0 radical (unpaired) electrons. The number of halogens is 3. The van der Waals surface area contributed by atoms with Crippen LogP contribution in [-0.2, 0) is 0 Å². The number of amides is 2. The molecule has 2 rings (SSSR count). The van der Waals surface area contributed by atoms with Gasteiger partial charge in [0.25, 0.3) is 0 Å². The standard InChI is InChI=1S/C10H16F3N3O/c11-10(12,13)7-16(8-1-2-8)9(17)15-5-3-14-4-6-15/h8,14H,1-7H2. The summed E-state index contributed by atoms with van der Waals surface area (Å²) in [4.78, 5) is 14.5. The molecule has 2 aliphatic rings. The summed E-state index contributed by atoms with van der Waals surface area (Å²) < 4.78 is 37.2. The number of alkyl halides is 3. The van der Waals surface area contributed by atoms with Crippen LogP contribution in [0.1, 0.15) is 12.8 Å². The van der Waals surface area contributed by atoms with Crippen molar-refractivity contribution in [2.24, 2.45) is 0 Å². The molecule has 0 aromatic rings. The van der Waals surface area contributed by atoms with E-state index in [1.807, 2.05) is 0 Å². The second kappa shape index (κ2) is 4.72. The average molecular weight is 251 g/mol. The first-order valence-electron chi connectivity index (χ1n) is 5.80. The number of rotatable bonds is 2. The van der Waals surface area contributed by atoms with Gasteiger partial charge in [-0.15, -0.1) is 0 Å². The summed E-state index contributed by atoms with van der Waals surface area (Å²) in [5.74, 6) is 0. The summed E-state index contributed by atoms with van der Waals surface area (Å²) in [6.45, 7) is 1.15. The van der Waals surface area contributed by atoms with Crippen molar-refractivity contribution in [2.75, 3.05) is 32.7 Å². The Bertz CT molecular complexity index is 285. The maximum absolute atomic E-state index is 12.4. The number of piperazine rings is 1. The summed E-state index contributed by atoms with van der Waals surface area (Å²) in [6, 6.07) is -0.676. The van der Waals surface area contributed by atoms with E-state index in [1.54, 1.807) is 0 Å². The average Bonchev–Trinajstić information content (AvgIpc) is 3.09. The summed E-state index contributed by atoms with van der Waals surface area (Å²) in [7, 11) is 0. The first-order valence-corrected chi connectivity index (χ1v) is 5.80. The highest BCUT2D eigenvalue weighted by atomic mass is 19.4. The van der Waals surface area contributed by atoms with Crippen molar-refractivity contribution in [1.29, 1.82) is 0 Å². The van der Waals surface area contributed by atoms with Gasteiger partial charge in [-0.3, -0.25) is 0 Å². The molecule has 0 spiro atoms. The van der Waals surface area contributed by atoms with Crippen molar-refractivity contribution in [3.05, 3.63) is 0 Å². The number of urea groups is 1. The fraction of sp³-hybridized carbons (Fsp3) is 0.900. The molecule has 7 heteroatoms. The zero-order valence-corrected chi connectivity index (χ0v) is 9.46. The highest BCUT2D eigenvalue weighted by molar-refractivity contribution is 5.75. The Morgan fingerprint density at radius 3 is 2.35 bits per heavy atom. The predicted octanol–water partition coefficient (Wildman–Crippen LogP) is 1.04. The highest BCUT2D eigenvalue weighted by Crippen LogP contribution is 2.31. The van der Waals surface area contributed by atoms with Crippen LogP contribution in [0.5, 0.6) is 0 Å². The fourth-order valence-corrected chi connectivity index (χ4v) is 1.97. The molecule has 2 fully saturated rings. The lowest BCUT2D eigenvalue weighted by molar-refractivity contribution is -0.142. The molecule has 4 nitrogen and oxygen atoms in total. The lowest BCUT2D eigenvalue weighted by Gasteiger charge is -2.33. The van der Waals surface area contributed by atoms with Crippen molar-refractivity contribution >= 4 is 6.03 Å². The maximum atomic E-state index is 12.4. The van der Waals surface area contributed by atoms with E-state index in [2.05, 4.69) is 5.32 Å². The number of carbonyl (C=O) groups is 1. The third-order valence-electron chi connectivity index (χ3n) is 2.97. The first-order chi connectivity index (χ1) is 7.97. The minimum atomic E-state index is -4.31.